The molecule has 2 aromatic rings. The first kappa shape index (κ1) is 17.9. The molecule has 2 N–H and O–H groups in total. The monoisotopic (exact) mass is 424 g/mol. The van der Waals surface area contributed by atoms with E-state index in [1.807, 2.05) is 37.3 Å². The fourth-order valence-electron chi connectivity index (χ4n) is 2.48. The van der Waals surface area contributed by atoms with Crippen molar-refractivity contribution in [3.8, 4) is 5.75 Å². The number of rotatable bonds is 5. The molecular weight excluding hydrogens is 408 g/mol. The molecule has 1 unspecified atom stereocenters. The van der Waals surface area contributed by atoms with Crippen molar-refractivity contribution in [3.05, 3.63) is 52.5 Å². The molecule has 0 spiro atoms. The second kappa shape index (κ2) is 7.15. The van der Waals surface area contributed by atoms with Gasteiger partial charge in [0.15, 0.2) is 6.10 Å². The lowest BCUT2D eigenvalue weighted by atomic mass is 10.2. The van der Waals surface area contributed by atoms with Gasteiger partial charge in [-0.2, -0.15) is 0 Å². The normalized spacial score (nSPS) is 16.7. The summed E-state index contributed by atoms with van der Waals surface area (Å²) in [5.74, 6) is 0.106. The minimum absolute atomic E-state index is 0.0631. The molecular formula is C17H17BrN2O4S. The summed E-state index contributed by atoms with van der Waals surface area (Å²) in [5, 5.41) is 2.73. The fourth-order valence-corrected chi connectivity index (χ4v) is 4.55. The van der Waals surface area contributed by atoms with Crippen LogP contribution in [0.2, 0.25) is 0 Å². The molecule has 1 aliphatic heterocycles. The van der Waals surface area contributed by atoms with E-state index in [-0.39, 0.29) is 17.3 Å². The zero-order chi connectivity index (χ0) is 18.0. The lowest BCUT2D eigenvalue weighted by molar-refractivity contribution is -0.123. The van der Waals surface area contributed by atoms with Crippen LogP contribution in [-0.4, -0.2) is 20.4 Å². The van der Waals surface area contributed by atoms with Crippen LogP contribution in [0.5, 0.6) is 5.75 Å². The van der Waals surface area contributed by atoms with Gasteiger partial charge in [-0.25, -0.2) is 13.1 Å². The molecule has 1 atom stereocenters. The van der Waals surface area contributed by atoms with Crippen molar-refractivity contribution in [2.75, 3.05) is 5.32 Å². The zero-order valence-corrected chi connectivity index (χ0v) is 15.9. The number of sulfonamides is 1. The largest absolute Gasteiger partial charge is 0.478 e. The number of amides is 1. The van der Waals surface area contributed by atoms with Gasteiger partial charge in [-0.05, 0) is 34.0 Å². The standard InChI is InChI=1S/C17H17BrN2O4S/c1-2-14-17(21)20-13-8-12(18)16(9-15(13)24-14)25(22,23)19-10-11-6-4-3-5-7-11/h3-9,14,19H,2,10H2,1H3,(H,20,21). The number of ether oxygens (including phenoxy) is 1. The van der Waals surface area contributed by atoms with Crippen molar-refractivity contribution in [2.45, 2.75) is 30.9 Å². The van der Waals surface area contributed by atoms with Gasteiger partial charge >= 0.3 is 0 Å². The molecule has 1 aliphatic rings. The molecule has 0 saturated heterocycles. The van der Waals surface area contributed by atoms with E-state index in [4.69, 9.17) is 4.74 Å². The van der Waals surface area contributed by atoms with Crippen LogP contribution in [0.3, 0.4) is 0 Å². The minimum Gasteiger partial charge on any atom is -0.478 e. The third-order valence-corrected chi connectivity index (χ3v) is 6.18. The van der Waals surface area contributed by atoms with Gasteiger partial charge in [-0.3, -0.25) is 4.79 Å². The Bertz CT molecular complexity index is 900. The van der Waals surface area contributed by atoms with Gasteiger partial charge in [0.1, 0.15) is 10.6 Å². The molecule has 0 saturated carbocycles. The summed E-state index contributed by atoms with van der Waals surface area (Å²) in [4.78, 5) is 11.9. The summed E-state index contributed by atoms with van der Waals surface area (Å²) < 4.78 is 33.8. The Morgan fingerprint density at radius 2 is 1.96 bits per heavy atom. The quantitative estimate of drug-likeness (QED) is 0.772. The van der Waals surface area contributed by atoms with Crippen molar-refractivity contribution in [2.24, 2.45) is 0 Å². The van der Waals surface area contributed by atoms with Gasteiger partial charge in [-0.1, -0.05) is 37.3 Å². The van der Waals surface area contributed by atoms with Crippen LogP contribution < -0.4 is 14.8 Å². The summed E-state index contributed by atoms with van der Waals surface area (Å²) in [7, 11) is -3.75. The molecule has 0 aliphatic carbocycles. The Hall–Kier alpha value is -1.90. The van der Waals surface area contributed by atoms with E-state index in [9.17, 15) is 13.2 Å². The molecule has 1 heterocycles. The molecule has 0 fully saturated rings. The number of halogens is 1. The van der Waals surface area contributed by atoms with Crippen molar-refractivity contribution < 1.29 is 17.9 Å². The lowest BCUT2D eigenvalue weighted by Gasteiger charge is -2.26. The molecule has 0 bridgehead atoms. The Kier molecular flexibility index (Phi) is 5.12. The second-order valence-electron chi connectivity index (χ2n) is 5.59. The highest BCUT2D eigenvalue weighted by Gasteiger charge is 2.29. The first-order chi connectivity index (χ1) is 11.9. The van der Waals surface area contributed by atoms with E-state index in [1.54, 1.807) is 0 Å². The maximum Gasteiger partial charge on any atom is 0.265 e. The minimum atomic E-state index is -3.75. The number of fused-ring (bicyclic) bond motifs is 1. The Balaban J connectivity index is 1.88. The van der Waals surface area contributed by atoms with E-state index < -0.39 is 16.1 Å². The average molecular weight is 425 g/mol. The van der Waals surface area contributed by atoms with Gasteiger partial charge in [0.25, 0.3) is 5.91 Å². The topological polar surface area (TPSA) is 84.5 Å². The number of carbonyl (C=O) groups is 1. The van der Waals surface area contributed by atoms with Crippen LogP contribution in [0, 0.1) is 0 Å². The number of anilines is 1. The molecule has 25 heavy (non-hydrogen) atoms. The Morgan fingerprint density at radius 3 is 2.64 bits per heavy atom. The number of nitrogens with one attached hydrogen (secondary N) is 2. The molecule has 8 heteroatoms. The smallest absolute Gasteiger partial charge is 0.265 e. The first-order valence-electron chi connectivity index (χ1n) is 7.75. The third kappa shape index (κ3) is 3.86. The maximum absolute atomic E-state index is 12.6. The highest BCUT2D eigenvalue weighted by atomic mass is 79.9. The van der Waals surface area contributed by atoms with Crippen LogP contribution in [0.4, 0.5) is 5.69 Å². The average Bonchev–Trinajstić information content (AvgIpc) is 2.60. The van der Waals surface area contributed by atoms with Crippen LogP contribution in [-0.2, 0) is 21.4 Å². The van der Waals surface area contributed by atoms with E-state index in [2.05, 4.69) is 26.0 Å². The van der Waals surface area contributed by atoms with Crippen molar-refractivity contribution in [1.29, 1.82) is 0 Å². The van der Waals surface area contributed by atoms with Gasteiger partial charge < -0.3 is 10.1 Å². The molecule has 2 aromatic carbocycles. The highest BCUT2D eigenvalue weighted by Crippen LogP contribution is 2.37. The van der Waals surface area contributed by atoms with Crippen LogP contribution >= 0.6 is 15.9 Å². The Labute approximate surface area is 154 Å². The fraction of sp³-hybridized carbons (Fsp3) is 0.235. The van der Waals surface area contributed by atoms with Crippen LogP contribution in [0.15, 0.2) is 51.8 Å². The van der Waals surface area contributed by atoms with E-state index in [0.29, 0.717) is 22.3 Å². The summed E-state index contributed by atoms with van der Waals surface area (Å²) >= 11 is 3.26. The molecule has 6 nitrogen and oxygen atoms in total. The van der Waals surface area contributed by atoms with Gasteiger partial charge in [0.05, 0.1) is 5.69 Å². The molecule has 132 valence electrons. The summed E-state index contributed by atoms with van der Waals surface area (Å²) in [6.07, 6.45) is -0.128. The maximum atomic E-state index is 12.6. The summed E-state index contributed by atoms with van der Waals surface area (Å²) in [6, 6.07) is 12.2. The predicted molar refractivity (Wildman–Crippen MR) is 97.9 cm³/mol. The predicted octanol–water partition coefficient (Wildman–Crippen LogP) is 3.04. The number of hydrogen-bond acceptors (Lipinski definition) is 4. The lowest BCUT2D eigenvalue weighted by Crippen LogP contribution is -2.36. The molecule has 3 rings (SSSR count). The first-order valence-corrected chi connectivity index (χ1v) is 10.0. The van der Waals surface area contributed by atoms with Gasteiger partial charge in [0.2, 0.25) is 10.0 Å². The van der Waals surface area contributed by atoms with Gasteiger partial charge in [-0.15, -0.1) is 0 Å². The molecule has 0 radical (unpaired) electrons. The van der Waals surface area contributed by atoms with Crippen molar-refractivity contribution in [3.63, 3.8) is 0 Å². The van der Waals surface area contributed by atoms with Crippen LogP contribution in [0.1, 0.15) is 18.9 Å². The highest BCUT2D eigenvalue weighted by molar-refractivity contribution is 9.10. The SMILES string of the molecule is CCC1Oc2cc(S(=O)(=O)NCc3ccccc3)c(Br)cc2NC1=O. The number of hydrogen-bond donors (Lipinski definition) is 2. The third-order valence-electron chi connectivity index (χ3n) is 3.82. The molecule has 0 aromatic heterocycles. The zero-order valence-electron chi connectivity index (χ0n) is 13.5. The second-order valence-corrected chi connectivity index (χ2v) is 8.18. The van der Waals surface area contributed by atoms with Crippen LogP contribution in [0.25, 0.3) is 0 Å². The summed E-state index contributed by atoms with van der Waals surface area (Å²) in [5.41, 5.74) is 1.30. The van der Waals surface area contributed by atoms with Crippen molar-refractivity contribution >= 4 is 37.5 Å². The van der Waals surface area contributed by atoms with E-state index in [0.717, 1.165) is 5.56 Å². The van der Waals surface area contributed by atoms with E-state index >= 15 is 0 Å². The number of benzene rings is 2. The Morgan fingerprint density at radius 1 is 1.24 bits per heavy atom. The van der Waals surface area contributed by atoms with Crippen molar-refractivity contribution in [1.82, 2.24) is 4.72 Å². The van der Waals surface area contributed by atoms with E-state index in [1.165, 1.54) is 12.1 Å². The van der Waals surface area contributed by atoms with Gasteiger partial charge in [0, 0.05) is 17.1 Å². The number of carbonyl (C=O) groups excluding carboxylic acids is 1. The summed E-state index contributed by atoms with van der Waals surface area (Å²) in [6.45, 7) is 2.01. The molecule has 1 amide bonds.